The van der Waals surface area contributed by atoms with E-state index in [1.54, 1.807) is 35.5 Å². The highest BCUT2D eigenvalue weighted by atomic mass is 16.5. The molecule has 2 aliphatic heterocycles. The molecule has 2 amide bonds. The Morgan fingerprint density at radius 3 is 2.69 bits per heavy atom. The summed E-state index contributed by atoms with van der Waals surface area (Å²) < 4.78 is 11.9. The van der Waals surface area contributed by atoms with Crippen molar-refractivity contribution in [3.63, 3.8) is 0 Å². The second-order valence-electron chi connectivity index (χ2n) is 10.6. The zero-order valence-electron chi connectivity index (χ0n) is 23.2. The molecule has 10 heteroatoms. The molecule has 3 atom stereocenters. The number of likely N-dealkylation sites (N-methyl/N-ethyl adjacent to an activating group) is 1. The van der Waals surface area contributed by atoms with Gasteiger partial charge in [-0.3, -0.25) is 24.4 Å². The maximum atomic E-state index is 13.7. The maximum Gasteiger partial charge on any atom is 0.258 e. The van der Waals surface area contributed by atoms with Crippen LogP contribution in [-0.4, -0.2) is 108 Å². The Balaban J connectivity index is 1.50. The first kappa shape index (κ1) is 28.9. The number of benzene rings is 1. The first-order valence-electron chi connectivity index (χ1n) is 13.7. The third kappa shape index (κ3) is 7.98. The van der Waals surface area contributed by atoms with Gasteiger partial charge in [0.15, 0.2) is 0 Å². The Labute approximate surface area is 230 Å². The van der Waals surface area contributed by atoms with Gasteiger partial charge in [-0.15, -0.1) is 0 Å². The molecule has 0 aliphatic carbocycles. The van der Waals surface area contributed by atoms with Crippen LogP contribution >= 0.6 is 0 Å². The number of aliphatic hydroxyl groups excluding tert-OH is 1. The van der Waals surface area contributed by atoms with Gasteiger partial charge in [-0.1, -0.05) is 6.92 Å². The number of pyridine rings is 1. The van der Waals surface area contributed by atoms with Gasteiger partial charge in [-0.05, 0) is 49.9 Å². The van der Waals surface area contributed by atoms with Gasteiger partial charge in [0.25, 0.3) is 5.91 Å². The first-order chi connectivity index (χ1) is 18.8. The Kier molecular flexibility index (Phi) is 10.3. The van der Waals surface area contributed by atoms with Crippen molar-refractivity contribution >= 4 is 17.5 Å². The minimum Gasteiger partial charge on any atom is -0.488 e. The number of fused-ring (bicyclic) bond motifs is 1. The molecule has 2 aliphatic rings. The number of aromatic nitrogens is 1. The van der Waals surface area contributed by atoms with Gasteiger partial charge in [0, 0.05) is 69.7 Å². The molecule has 2 N–H and O–H groups in total. The third-order valence-corrected chi connectivity index (χ3v) is 7.40. The summed E-state index contributed by atoms with van der Waals surface area (Å²) in [7, 11) is 2.05. The average Bonchev–Trinajstić information content (AvgIpc) is 2.94. The van der Waals surface area contributed by atoms with Crippen LogP contribution in [0.3, 0.4) is 0 Å². The van der Waals surface area contributed by atoms with E-state index >= 15 is 0 Å². The van der Waals surface area contributed by atoms with Crippen LogP contribution in [-0.2, 0) is 16.1 Å². The molecule has 0 bridgehead atoms. The van der Waals surface area contributed by atoms with Gasteiger partial charge < -0.3 is 24.8 Å². The highest BCUT2D eigenvalue weighted by Crippen LogP contribution is 2.31. The van der Waals surface area contributed by atoms with Gasteiger partial charge in [-0.2, -0.15) is 0 Å². The lowest BCUT2D eigenvalue weighted by Crippen LogP contribution is -2.49. The largest absolute Gasteiger partial charge is 0.488 e. The highest BCUT2D eigenvalue weighted by molar-refractivity contribution is 5.99. The molecule has 0 spiro atoms. The first-order valence-corrected chi connectivity index (χ1v) is 13.7. The van der Waals surface area contributed by atoms with Gasteiger partial charge in [0.05, 0.1) is 31.4 Å². The van der Waals surface area contributed by atoms with E-state index in [-0.39, 0.29) is 36.5 Å². The van der Waals surface area contributed by atoms with Crippen LogP contribution in [0, 0.1) is 5.92 Å². The number of aliphatic hydroxyl groups is 1. The molecule has 39 heavy (non-hydrogen) atoms. The number of carbonyl (C=O) groups is 2. The van der Waals surface area contributed by atoms with E-state index in [4.69, 9.17) is 9.47 Å². The van der Waals surface area contributed by atoms with Gasteiger partial charge >= 0.3 is 0 Å². The SMILES string of the molecule is C[C@@H]1CN([C@@H](C)CO)C(=O)c2cc(NC(=O)CCN3CCOCC3)ccc2O[C@H]1CN(C)Cc1ccncc1. The Morgan fingerprint density at radius 2 is 1.97 bits per heavy atom. The smallest absolute Gasteiger partial charge is 0.258 e. The summed E-state index contributed by atoms with van der Waals surface area (Å²) in [5.41, 5.74) is 2.09. The molecule has 1 aromatic carbocycles. The molecule has 4 rings (SSSR count). The van der Waals surface area contributed by atoms with E-state index in [1.165, 1.54) is 0 Å². The molecular weight excluding hydrogens is 498 g/mol. The van der Waals surface area contributed by atoms with Gasteiger partial charge in [-0.25, -0.2) is 0 Å². The van der Waals surface area contributed by atoms with E-state index in [9.17, 15) is 14.7 Å². The molecule has 1 aromatic heterocycles. The van der Waals surface area contributed by atoms with Crippen LogP contribution in [0.25, 0.3) is 0 Å². The van der Waals surface area contributed by atoms with Gasteiger partial charge in [0.2, 0.25) is 5.91 Å². The number of rotatable bonds is 10. The number of nitrogens with one attached hydrogen (secondary N) is 1. The summed E-state index contributed by atoms with van der Waals surface area (Å²) >= 11 is 0. The number of amides is 2. The van der Waals surface area contributed by atoms with Crippen molar-refractivity contribution in [1.29, 1.82) is 0 Å². The van der Waals surface area contributed by atoms with E-state index in [1.807, 2.05) is 26.1 Å². The molecule has 2 aromatic rings. The monoisotopic (exact) mass is 539 g/mol. The van der Waals surface area contributed by atoms with Crippen LogP contribution < -0.4 is 10.1 Å². The molecule has 0 saturated carbocycles. The van der Waals surface area contributed by atoms with E-state index in [0.29, 0.717) is 56.3 Å². The minimum atomic E-state index is -0.354. The quantitative estimate of drug-likeness (QED) is 0.473. The fourth-order valence-corrected chi connectivity index (χ4v) is 5.00. The standard InChI is InChI=1S/C29H41N5O5/c1-21-17-34(22(2)20-35)29(37)25-16-24(31-28(36)8-11-33-12-14-38-15-13-33)4-5-26(25)39-27(21)19-32(3)18-23-6-9-30-10-7-23/h4-7,9-10,16,21-22,27,35H,8,11-15,17-20H2,1-3H3,(H,31,36)/t21-,22+,27+/m1/s1. The molecule has 1 saturated heterocycles. The van der Waals surface area contributed by atoms with Crippen molar-refractivity contribution in [3.05, 3.63) is 53.9 Å². The molecule has 10 nitrogen and oxygen atoms in total. The van der Waals surface area contributed by atoms with Crippen molar-refractivity contribution < 1.29 is 24.2 Å². The number of hydrogen-bond acceptors (Lipinski definition) is 8. The van der Waals surface area contributed by atoms with Crippen LogP contribution in [0.4, 0.5) is 5.69 Å². The summed E-state index contributed by atoms with van der Waals surface area (Å²) in [5, 5.41) is 12.8. The van der Waals surface area contributed by atoms with E-state index < -0.39 is 0 Å². The van der Waals surface area contributed by atoms with Crippen molar-refractivity contribution in [2.45, 2.75) is 39.0 Å². The van der Waals surface area contributed by atoms with Crippen LogP contribution in [0.5, 0.6) is 5.75 Å². The Bertz CT molecular complexity index is 1090. The second kappa shape index (κ2) is 13.8. The Morgan fingerprint density at radius 1 is 1.23 bits per heavy atom. The summed E-state index contributed by atoms with van der Waals surface area (Å²) in [6.45, 7) is 9.32. The fraction of sp³-hybridized carbons (Fsp3) is 0.552. The van der Waals surface area contributed by atoms with Crippen molar-refractivity contribution in [3.8, 4) is 5.75 Å². The lowest BCUT2D eigenvalue weighted by molar-refractivity contribution is -0.116. The zero-order valence-corrected chi connectivity index (χ0v) is 23.2. The van der Waals surface area contributed by atoms with Gasteiger partial charge in [0.1, 0.15) is 11.9 Å². The lowest BCUT2D eigenvalue weighted by Gasteiger charge is -2.38. The molecule has 0 radical (unpaired) electrons. The highest BCUT2D eigenvalue weighted by Gasteiger charge is 2.33. The lowest BCUT2D eigenvalue weighted by atomic mass is 9.99. The van der Waals surface area contributed by atoms with Crippen LogP contribution in [0.15, 0.2) is 42.7 Å². The third-order valence-electron chi connectivity index (χ3n) is 7.40. The summed E-state index contributed by atoms with van der Waals surface area (Å²) in [6.07, 6.45) is 3.74. The molecular formula is C29H41N5O5. The zero-order chi connectivity index (χ0) is 27.8. The Hall–Kier alpha value is -3.05. The summed E-state index contributed by atoms with van der Waals surface area (Å²) in [6, 6.07) is 8.87. The molecule has 1 fully saturated rings. The minimum absolute atomic E-state index is 0.0237. The fourth-order valence-electron chi connectivity index (χ4n) is 5.00. The predicted octanol–water partition coefficient (Wildman–Crippen LogP) is 2.09. The second-order valence-corrected chi connectivity index (χ2v) is 10.6. The molecule has 0 unspecified atom stereocenters. The average molecular weight is 540 g/mol. The number of morpholine rings is 1. The van der Waals surface area contributed by atoms with Crippen molar-refractivity contribution in [1.82, 2.24) is 19.7 Å². The number of hydrogen-bond donors (Lipinski definition) is 2. The topological polar surface area (TPSA) is 107 Å². The van der Waals surface area contributed by atoms with E-state index in [2.05, 4.69) is 27.0 Å². The predicted molar refractivity (Wildman–Crippen MR) is 149 cm³/mol. The number of nitrogens with zero attached hydrogens (tertiary/aromatic N) is 4. The van der Waals surface area contributed by atoms with Crippen molar-refractivity contribution in [2.75, 3.05) is 64.9 Å². The number of carbonyl (C=O) groups excluding carboxylic acids is 2. The van der Waals surface area contributed by atoms with E-state index in [0.717, 1.165) is 25.2 Å². The number of anilines is 1. The number of ether oxygens (including phenoxy) is 2. The summed E-state index contributed by atoms with van der Waals surface area (Å²) in [5.74, 6) is 0.183. The maximum absolute atomic E-state index is 13.7. The van der Waals surface area contributed by atoms with Crippen LogP contribution in [0.2, 0.25) is 0 Å². The summed E-state index contributed by atoms with van der Waals surface area (Å²) in [4.78, 5) is 36.6. The molecule has 212 valence electrons. The molecule has 3 heterocycles. The normalized spacial score (nSPS) is 21.1. The van der Waals surface area contributed by atoms with Crippen LogP contribution in [0.1, 0.15) is 36.2 Å². The van der Waals surface area contributed by atoms with Crippen molar-refractivity contribution in [2.24, 2.45) is 5.92 Å².